The van der Waals surface area contributed by atoms with E-state index in [1.54, 1.807) is 0 Å². The van der Waals surface area contributed by atoms with Gasteiger partial charge in [-0.3, -0.25) is 14.4 Å². The van der Waals surface area contributed by atoms with Gasteiger partial charge in [0.1, 0.15) is 238 Å². The molecule has 0 saturated carbocycles. The number of hydrogen-bond acceptors (Lipinski definition) is 50. The summed E-state index contributed by atoms with van der Waals surface area (Å²) in [6.07, 6.45) is -97.4. The van der Waals surface area contributed by atoms with E-state index in [-0.39, 0.29) is 0 Å². The van der Waals surface area contributed by atoms with Crippen molar-refractivity contribution >= 4 is 17.7 Å². The first-order valence-corrected chi connectivity index (χ1v) is 38.0. The van der Waals surface area contributed by atoms with Crippen LogP contribution in [0, 0.1) is 0 Å². The predicted octanol–water partition coefficient (Wildman–Crippen LogP) is -21.3. The molecule has 1 unspecified atom stereocenters. The standard InChI is InChI=1S/C66H111N3O50/c1-14-30(80)39(89)46(96)61(103-14)101-13-26-53(44(94)45(95)57(100)104-26)113-58-27(67-15(2)77)36(86)52(24(11-76)109-58)116-64-49(99)54(117-66-56(43(93)34(84)21(8-73)108-66)119-60-29(69-17(4)79)38(88)51(23(10-75)111-60)115-63-48(98)41(91)32(82)19(6-71)106-63)35(85)25(112-64)12-102-65-55(42(92)33(83)20(7-72)107-65)118-59-28(68-16(3)78)37(87)50(22(9-74)110-59)114-62-47(97)40(90)31(81)18(5-70)105-62/h14,18-66,70-76,80-100H,5-13H2,1-4H3,(H,67,77)(H,68,78)(H,69,79)/t14-,18+,19+,20+,21+,22+,23+,24+,25+,26+,27+,28+,29+,30+,31-,32-,33+,34+,35+,36+,37+,38+,39+,40-,41-,42-,43-,44+,45+,46-,47+,48+,49-,50+,51+,52+,53+,54-,55-,56-,57?,58-,59-,60-,61+,62-,63-,64-,65-,66+/m0/s1. The molecule has 10 heterocycles. The quantitative estimate of drug-likeness (QED) is 0.0318. The van der Waals surface area contributed by atoms with Crippen LogP contribution in [0.3, 0.4) is 0 Å². The van der Waals surface area contributed by atoms with Crippen molar-refractivity contribution in [1.29, 1.82) is 0 Å². The Morgan fingerprint density at radius 1 is 0.235 bits per heavy atom. The van der Waals surface area contributed by atoms with Crippen molar-refractivity contribution < 1.29 is 247 Å². The summed E-state index contributed by atoms with van der Waals surface area (Å²) >= 11 is 0. The topological polar surface area (TPSA) is 829 Å². The van der Waals surface area contributed by atoms with Gasteiger partial charge in [-0.2, -0.15) is 0 Å². The van der Waals surface area contributed by atoms with Gasteiger partial charge in [0, 0.05) is 20.8 Å². The van der Waals surface area contributed by atoms with Crippen molar-refractivity contribution in [2.45, 2.75) is 335 Å². The van der Waals surface area contributed by atoms with Crippen LogP contribution >= 0.6 is 0 Å². The lowest BCUT2D eigenvalue weighted by molar-refractivity contribution is -0.399. The fourth-order valence-electron chi connectivity index (χ4n) is 15.4. The van der Waals surface area contributed by atoms with E-state index in [1.807, 2.05) is 0 Å². The van der Waals surface area contributed by atoms with Crippen molar-refractivity contribution in [3.05, 3.63) is 0 Å². The second-order valence-electron chi connectivity index (χ2n) is 30.3. The van der Waals surface area contributed by atoms with E-state index >= 15 is 0 Å². The molecule has 0 aliphatic carbocycles. The highest BCUT2D eigenvalue weighted by Crippen LogP contribution is 2.41. The molecule has 10 aliphatic heterocycles. The molecule has 50 atom stereocenters. The third-order valence-corrected chi connectivity index (χ3v) is 22.0. The van der Waals surface area contributed by atoms with E-state index in [2.05, 4.69) is 16.0 Å². The molecule has 0 radical (unpaired) electrons. The zero-order chi connectivity index (χ0) is 87.5. The minimum Gasteiger partial charge on any atom is -0.394 e. The number of amides is 3. The summed E-state index contributed by atoms with van der Waals surface area (Å²) in [4.78, 5) is 39.0. The largest absolute Gasteiger partial charge is 0.394 e. The van der Waals surface area contributed by atoms with Crippen LogP contribution in [0.1, 0.15) is 27.7 Å². The normalized spacial score (nSPS) is 50.7. The van der Waals surface area contributed by atoms with Gasteiger partial charge in [-0.1, -0.05) is 0 Å². The zero-order valence-corrected chi connectivity index (χ0v) is 63.7. The Balaban J connectivity index is 0.973. The average molecular weight is 1750 g/mol. The second kappa shape index (κ2) is 42.4. The van der Waals surface area contributed by atoms with Crippen molar-refractivity contribution in [2.75, 3.05) is 59.5 Å². The number of rotatable bonds is 30. The Morgan fingerprint density at radius 3 is 0.908 bits per heavy atom. The van der Waals surface area contributed by atoms with Crippen LogP contribution in [0.4, 0.5) is 0 Å². The molecule has 3 amide bonds. The number of aliphatic hydroxyl groups is 28. The van der Waals surface area contributed by atoms with Gasteiger partial charge < -0.3 is 249 Å². The molecule has 0 aromatic carbocycles. The molecule has 10 aliphatic rings. The number of nitrogens with one attached hydrogen (secondary N) is 3. The van der Waals surface area contributed by atoms with Crippen molar-refractivity contribution in [3.8, 4) is 0 Å². The molecule has 0 spiro atoms. The average Bonchev–Trinajstić information content (AvgIpc) is 0.771. The summed E-state index contributed by atoms with van der Waals surface area (Å²) < 4.78 is 112. The molecule has 0 aromatic rings. The van der Waals surface area contributed by atoms with Gasteiger partial charge in [0.05, 0.1) is 65.6 Å². The number of carbonyl (C=O) groups is 3. The van der Waals surface area contributed by atoms with Crippen LogP contribution in [0.2, 0.25) is 0 Å². The summed E-state index contributed by atoms with van der Waals surface area (Å²) in [5.41, 5.74) is 0. The first-order chi connectivity index (χ1) is 56.3. The van der Waals surface area contributed by atoms with Crippen molar-refractivity contribution in [3.63, 3.8) is 0 Å². The molecule has 119 heavy (non-hydrogen) atoms. The van der Waals surface area contributed by atoms with Crippen LogP contribution in [0.25, 0.3) is 0 Å². The highest BCUT2D eigenvalue weighted by atomic mass is 16.8. The number of hydrogen-bond donors (Lipinski definition) is 31. The molecule has 690 valence electrons. The second-order valence-corrected chi connectivity index (χ2v) is 30.3. The fraction of sp³-hybridized carbons (Fsp3) is 0.955. The van der Waals surface area contributed by atoms with Crippen LogP contribution in [-0.4, -0.2) is 527 Å². The Morgan fingerprint density at radius 2 is 0.513 bits per heavy atom. The SMILES string of the molecule is CC(=O)N[C@H]1[C@H](O[C@H]2[C@H](O)[C@@H](O)C(O)O[C@@H]2CO[C@@H]2O[C@@H](C)[C@@H](O)[C@@H](O)[C@@H]2O)O[C@H](CO)[C@@H](O[C@@H]2O[C@H](CO[C@H]3O[C@H](CO)[C@@H](O)[C@H](O)[C@@H]3O[C@@H]3O[C@H](CO)[C@@H](O[C@@H]4O[C@H](CO)[C@H](O)[C@H](O)[C@H]4O)[C@H](O)[C@H]3NC(C)=O)[C@@H](O)[C@H](O[C@H]3O[C@H](CO)[C@@H](O)[C@H](O)[C@@H]3O[C@@H]3O[C@H](CO)[C@@H](O[C@@H]4O[C@H](CO)[C@H](O)[C@H](O)[C@H]4O)[C@H](O)[C@H]3NC(C)=O)[C@@H]2O)[C@@H]1O. The van der Waals surface area contributed by atoms with Crippen LogP contribution in [-0.2, 0) is 104 Å². The van der Waals surface area contributed by atoms with Gasteiger partial charge >= 0.3 is 0 Å². The summed E-state index contributed by atoms with van der Waals surface area (Å²) in [6, 6.07) is -5.90. The van der Waals surface area contributed by atoms with E-state index in [9.17, 15) is 157 Å². The molecule has 0 aromatic heterocycles. The van der Waals surface area contributed by atoms with Crippen LogP contribution in [0.15, 0.2) is 0 Å². The zero-order valence-electron chi connectivity index (χ0n) is 63.7. The Bertz CT molecular complexity index is 3160. The van der Waals surface area contributed by atoms with E-state index in [0.29, 0.717) is 0 Å². The Kier molecular flexibility index (Phi) is 34.8. The molecule has 31 N–H and O–H groups in total. The summed E-state index contributed by atoms with van der Waals surface area (Å²) in [5.74, 6) is -2.90. The van der Waals surface area contributed by atoms with E-state index in [0.717, 1.165) is 20.8 Å². The van der Waals surface area contributed by atoms with Crippen LogP contribution < -0.4 is 16.0 Å². The molecule has 10 rings (SSSR count). The summed E-state index contributed by atoms with van der Waals surface area (Å²) in [7, 11) is 0. The molecule has 53 nitrogen and oxygen atoms in total. The van der Waals surface area contributed by atoms with E-state index in [1.165, 1.54) is 6.92 Å². The maximum atomic E-state index is 13.2. The Hall–Kier alpha value is -3.47. The van der Waals surface area contributed by atoms with Gasteiger partial charge in [-0.15, -0.1) is 0 Å². The minimum atomic E-state index is -2.62. The highest BCUT2D eigenvalue weighted by Gasteiger charge is 2.62. The van der Waals surface area contributed by atoms with Crippen molar-refractivity contribution in [1.82, 2.24) is 16.0 Å². The molecular weight excluding hydrogens is 1630 g/mol. The molecule has 10 fully saturated rings. The molecular formula is C66H111N3O50. The molecule has 10 saturated heterocycles. The lowest BCUT2D eigenvalue weighted by Crippen LogP contribution is -2.70. The Labute approximate surface area is 673 Å². The maximum absolute atomic E-state index is 13.2. The van der Waals surface area contributed by atoms with E-state index in [4.69, 9.17) is 90.0 Å². The third-order valence-electron chi connectivity index (χ3n) is 22.0. The minimum absolute atomic E-state index is 0.857. The highest BCUT2D eigenvalue weighted by molar-refractivity contribution is 5.74. The number of carbonyl (C=O) groups excluding carboxylic acids is 3. The molecule has 53 heteroatoms. The first kappa shape index (κ1) is 97.7. The monoisotopic (exact) mass is 1750 g/mol. The van der Waals surface area contributed by atoms with Gasteiger partial charge in [0.25, 0.3) is 0 Å². The maximum Gasteiger partial charge on any atom is 0.217 e. The number of ether oxygens (including phenoxy) is 19. The predicted molar refractivity (Wildman–Crippen MR) is 363 cm³/mol. The van der Waals surface area contributed by atoms with Gasteiger partial charge in [0.15, 0.2) is 62.9 Å². The van der Waals surface area contributed by atoms with Gasteiger partial charge in [-0.25, -0.2) is 0 Å². The lowest BCUT2D eigenvalue weighted by Gasteiger charge is -2.51. The fourth-order valence-corrected chi connectivity index (χ4v) is 15.4. The molecule has 0 bridgehead atoms. The number of aliphatic hydroxyl groups excluding tert-OH is 28. The summed E-state index contributed by atoms with van der Waals surface area (Å²) in [5, 5.41) is 317. The lowest BCUT2D eigenvalue weighted by atomic mass is 9.94. The first-order valence-electron chi connectivity index (χ1n) is 38.0. The smallest absolute Gasteiger partial charge is 0.217 e. The van der Waals surface area contributed by atoms with Gasteiger partial charge in [0.2, 0.25) is 17.7 Å². The third kappa shape index (κ3) is 21.4. The van der Waals surface area contributed by atoms with Crippen LogP contribution in [0.5, 0.6) is 0 Å². The van der Waals surface area contributed by atoms with Gasteiger partial charge in [-0.05, 0) is 6.92 Å². The summed E-state index contributed by atoms with van der Waals surface area (Å²) in [6.45, 7) is -5.80. The van der Waals surface area contributed by atoms with Crippen molar-refractivity contribution in [2.24, 2.45) is 0 Å². The van der Waals surface area contributed by atoms with E-state index < -0.39 is 384 Å².